The predicted octanol–water partition coefficient (Wildman–Crippen LogP) is 4.20. The Bertz CT molecular complexity index is 543. The molecule has 0 spiro atoms. The first-order valence-corrected chi connectivity index (χ1v) is 6.22. The standard InChI is InChI=1S/C17H17N/c1-3-5-6-9-15(4-2)12-13-16-10-7-8-11-17(16)14-18/h7-8,10-11H,2-3,5-6,9H2,1H3. The van der Waals surface area contributed by atoms with E-state index in [0.717, 1.165) is 24.0 Å². The van der Waals surface area contributed by atoms with Gasteiger partial charge < -0.3 is 0 Å². The predicted molar refractivity (Wildman–Crippen MR) is 74.8 cm³/mol. The maximum Gasteiger partial charge on any atom is 0.100 e. The smallest absolute Gasteiger partial charge is 0.100 e. The van der Waals surface area contributed by atoms with Gasteiger partial charge in [-0.25, -0.2) is 0 Å². The van der Waals surface area contributed by atoms with Gasteiger partial charge in [0, 0.05) is 11.1 Å². The van der Waals surface area contributed by atoms with Crippen LogP contribution in [0, 0.1) is 23.2 Å². The Morgan fingerprint density at radius 2 is 1.94 bits per heavy atom. The van der Waals surface area contributed by atoms with Crippen LogP contribution in [0.2, 0.25) is 0 Å². The Hall–Kier alpha value is -2.21. The minimum Gasteiger partial charge on any atom is -0.192 e. The summed E-state index contributed by atoms with van der Waals surface area (Å²) >= 11 is 0. The van der Waals surface area contributed by atoms with Gasteiger partial charge in [-0.2, -0.15) is 5.26 Å². The summed E-state index contributed by atoms with van der Waals surface area (Å²) in [5.74, 6) is 6.09. The molecule has 1 heteroatoms. The molecule has 1 aromatic carbocycles. The lowest BCUT2D eigenvalue weighted by Crippen LogP contribution is -1.83. The molecule has 0 aromatic heterocycles. The average molecular weight is 235 g/mol. The SMILES string of the molecule is C=C=C(C#Cc1ccccc1C#N)CCCCC. The second kappa shape index (κ2) is 7.97. The van der Waals surface area contributed by atoms with Crippen LogP contribution in [0.3, 0.4) is 0 Å². The van der Waals surface area contributed by atoms with Crippen LogP contribution < -0.4 is 0 Å². The maximum atomic E-state index is 8.96. The van der Waals surface area contributed by atoms with Gasteiger partial charge in [0.25, 0.3) is 0 Å². The molecule has 0 saturated carbocycles. The summed E-state index contributed by atoms with van der Waals surface area (Å²) in [6.07, 6.45) is 4.42. The second-order valence-electron chi connectivity index (χ2n) is 4.02. The van der Waals surface area contributed by atoms with Crippen molar-refractivity contribution in [3.05, 3.63) is 53.3 Å². The van der Waals surface area contributed by atoms with Crippen molar-refractivity contribution in [2.75, 3.05) is 0 Å². The van der Waals surface area contributed by atoms with Gasteiger partial charge in [0.1, 0.15) is 6.07 Å². The molecule has 0 saturated heterocycles. The van der Waals surface area contributed by atoms with Gasteiger partial charge in [-0.15, -0.1) is 5.73 Å². The van der Waals surface area contributed by atoms with Gasteiger partial charge in [-0.1, -0.05) is 50.3 Å². The highest BCUT2D eigenvalue weighted by Crippen LogP contribution is 2.09. The number of rotatable bonds is 4. The normalized spacial score (nSPS) is 8.67. The zero-order valence-corrected chi connectivity index (χ0v) is 10.8. The summed E-state index contributed by atoms with van der Waals surface area (Å²) in [5.41, 5.74) is 5.19. The van der Waals surface area contributed by atoms with Crippen LogP contribution in [-0.4, -0.2) is 0 Å². The molecule has 0 unspecified atom stereocenters. The second-order valence-corrected chi connectivity index (χ2v) is 4.02. The average Bonchev–Trinajstić information content (AvgIpc) is 2.43. The topological polar surface area (TPSA) is 23.8 Å². The molecule has 18 heavy (non-hydrogen) atoms. The summed E-state index contributed by atoms with van der Waals surface area (Å²) in [7, 11) is 0. The molecule has 0 aliphatic heterocycles. The molecule has 1 nitrogen and oxygen atoms in total. The fraction of sp³-hybridized carbons (Fsp3) is 0.294. The van der Waals surface area contributed by atoms with Crippen LogP contribution in [0.15, 0.2) is 42.1 Å². The quantitative estimate of drug-likeness (QED) is 0.436. The van der Waals surface area contributed by atoms with E-state index in [1.165, 1.54) is 12.8 Å². The molecular weight excluding hydrogens is 218 g/mol. The number of nitrogens with zero attached hydrogens (tertiary/aromatic N) is 1. The number of hydrogen-bond donors (Lipinski definition) is 0. The van der Waals surface area contributed by atoms with Gasteiger partial charge in [-0.05, 0) is 25.0 Å². The van der Waals surface area contributed by atoms with E-state index in [9.17, 15) is 0 Å². The van der Waals surface area contributed by atoms with Crippen molar-refractivity contribution >= 4 is 0 Å². The molecule has 1 aromatic rings. The van der Waals surface area contributed by atoms with Crippen LogP contribution in [0.4, 0.5) is 0 Å². The first-order chi connectivity index (χ1) is 8.81. The molecular formula is C17H17N. The van der Waals surface area contributed by atoms with Gasteiger partial charge in [0.05, 0.1) is 5.56 Å². The Morgan fingerprint density at radius 3 is 2.56 bits per heavy atom. The maximum absolute atomic E-state index is 8.96. The number of benzene rings is 1. The summed E-state index contributed by atoms with van der Waals surface area (Å²) < 4.78 is 0. The van der Waals surface area contributed by atoms with Crippen LogP contribution in [-0.2, 0) is 0 Å². The van der Waals surface area contributed by atoms with E-state index in [-0.39, 0.29) is 0 Å². The molecule has 1 rings (SSSR count). The molecule has 90 valence electrons. The van der Waals surface area contributed by atoms with Crippen molar-refractivity contribution in [3.8, 4) is 17.9 Å². The van der Waals surface area contributed by atoms with Crippen LogP contribution in [0.5, 0.6) is 0 Å². The van der Waals surface area contributed by atoms with E-state index in [4.69, 9.17) is 5.26 Å². The van der Waals surface area contributed by atoms with Crippen molar-refractivity contribution < 1.29 is 0 Å². The molecule has 0 amide bonds. The first kappa shape index (κ1) is 13.9. The molecule has 0 heterocycles. The van der Waals surface area contributed by atoms with Gasteiger partial charge in [0.2, 0.25) is 0 Å². The molecule has 0 aliphatic carbocycles. The minimum atomic E-state index is 0.613. The molecule has 0 atom stereocenters. The molecule has 0 radical (unpaired) electrons. The summed E-state index contributed by atoms with van der Waals surface area (Å²) in [6, 6.07) is 9.51. The molecule has 0 bridgehead atoms. The van der Waals surface area contributed by atoms with Gasteiger partial charge in [-0.3, -0.25) is 0 Å². The van der Waals surface area contributed by atoms with Crippen LogP contribution in [0.1, 0.15) is 43.7 Å². The Morgan fingerprint density at radius 1 is 1.22 bits per heavy atom. The highest BCUT2D eigenvalue weighted by Gasteiger charge is 1.96. The number of unbranched alkanes of at least 4 members (excludes halogenated alkanes) is 2. The van der Waals surface area contributed by atoms with Gasteiger partial charge in [0.15, 0.2) is 0 Å². The van der Waals surface area contributed by atoms with E-state index in [1.807, 2.05) is 18.2 Å². The third-order valence-corrected chi connectivity index (χ3v) is 2.64. The fourth-order valence-electron chi connectivity index (χ4n) is 1.58. The number of allylic oxidation sites excluding steroid dienone is 1. The Labute approximate surface area is 109 Å². The zero-order valence-electron chi connectivity index (χ0n) is 10.8. The van der Waals surface area contributed by atoms with E-state index in [1.54, 1.807) is 6.07 Å². The third-order valence-electron chi connectivity index (χ3n) is 2.64. The van der Waals surface area contributed by atoms with Crippen molar-refractivity contribution in [3.63, 3.8) is 0 Å². The lowest BCUT2D eigenvalue weighted by Gasteiger charge is -1.96. The number of hydrogen-bond acceptors (Lipinski definition) is 1. The third kappa shape index (κ3) is 4.34. The van der Waals surface area contributed by atoms with E-state index in [0.29, 0.717) is 5.56 Å². The molecule has 0 aliphatic rings. The summed E-state index contributed by atoms with van der Waals surface area (Å²) in [4.78, 5) is 0. The minimum absolute atomic E-state index is 0.613. The van der Waals surface area contributed by atoms with E-state index in [2.05, 4.69) is 37.1 Å². The number of nitriles is 1. The van der Waals surface area contributed by atoms with Crippen LogP contribution >= 0.6 is 0 Å². The lowest BCUT2D eigenvalue weighted by molar-refractivity contribution is 0.721. The first-order valence-electron chi connectivity index (χ1n) is 6.22. The van der Waals surface area contributed by atoms with E-state index < -0.39 is 0 Å². The zero-order chi connectivity index (χ0) is 13.2. The van der Waals surface area contributed by atoms with Gasteiger partial charge >= 0.3 is 0 Å². The summed E-state index contributed by atoms with van der Waals surface area (Å²) in [5, 5.41) is 8.96. The largest absolute Gasteiger partial charge is 0.192 e. The van der Waals surface area contributed by atoms with Crippen molar-refractivity contribution in [2.45, 2.75) is 32.6 Å². The van der Waals surface area contributed by atoms with Crippen LogP contribution in [0.25, 0.3) is 0 Å². The van der Waals surface area contributed by atoms with E-state index >= 15 is 0 Å². The van der Waals surface area contributed by atoms with Crippen molar-refractivity contribution in [1.29, 1.82) is 5.26 Å². The Kier molecular flexibility index (Phi) is 6.13. The van der Waals surface area contributed by atoms with Crippen molar-refractivity contribution in [1.82, 2.24) is 0 Å². The summed E-state index contributed by atoms with van der Waals surface area (Å²) in [6.45, 7) is 5.84. The lowest BCUT2D eigenvalue weighted by atomic mass is 10.1. The van der Waals surface area contributed by atoms with Crippen molar-refractivity contribution in [2.24, 2.45) is 0 Å². The molecule has 0 N–H and O–H groups in total. The highest BCUT2D eigenvalue weighted by atomic mass is 14.2. The fourth-order valence-corrected chi connectivity index (χ4v) is 1.58. The molecule has 0 fully saturated rings. The highest BCUT2D eigenvalue weighted by molar-refractivity contribution is 5.49. The monoisotopic (exact) mass is 235 g/mol. The Balaban J connectivity index is 2.80.